The fourth-order valence-electron chi connectivity index (χ4n) is 2.74. The van der Waals surface area contributed by atoms with Gasteiger partial charge >= 0.3 is 0 Å². The first-order valence-electron chi connectivity index (χ1n) is 7.22. The molecule has 2 aliphatic rings. The third kappa shape index (κ3) is 4.40. The quantitative estimate of drug-likeness (QED) is 0.432. The minimum Gasteiger partial charge on any atom is -0.378 e. The van der Waals surface area contributed by atoms with Gasteiger partial charge in [-0.1, -0.05) is 29.3 Å². The van der Waals surface area contributed by atoms with E-state index < -0.39 is 0 Å². The summed E-state index contributed by atoms with van der Waals surface area (Å²) in [7, 11) is 0. The Labute approximate surface area is 158 Å². The van der Waals surface area contributed by atoms with Gasteiger partial charge in [0.25, 0.3) is 0 Å². The molecular weight excluding hydrogens is 436 g/mol. The van der Waals surface area contributed by atoms with Gasteiger partial charge in [0.15, 0.2) is 5.96 Å². The summed E-state index contributed by atoms with van der Waals surface area (Å²) < 4.78 is 5.31. The molecule has 1 aliphatic carbocycles. The van der Waals surface area contributed by atoms with E-state index in [4.69, 9.17) is 33.7 Å². The zero-order valence-electron chi connectivity index (χ0n) is 12.2. The monoisotopic (exact) mass is 455 g/mol. The Morgan fingerprint density at radius 3 is 2.73 bits per heavy atom. The fourth-order valence-corrected chi connectivity index (χ4v) is 3.28. The maximum Gasteiger partial charge on any atom is 0.191 e. The standard InChI is InChI=1S/C15H19Cl2N3O.HI/c16-11-1-2-12(14(17)8-11)13-7-10(13)9-19-15(18)20-3-5-21-6-4-20;/h1-2,8,10,13H,3-7,9H2,(H2,18,19);1H. The molecule has 0 bridgehead atoms. The summed E-state index contributed by atoms with van der Waals surface area (Å²) in [6.07, 6.45) is 1.11. The summed E-state index contributed by atoms with van der Waals surface area (Å²) in [5.41, 5.74) is 7.21. The Kier molecular flexibility index (Phi) is 6.61. The van der Waals surface area contributed by atoms with Crippen molar-refractivity contribution in [3.8, 4) is 0 Å². The molecule has 1 aliphatic heterocycles. The van der Waals surface area contributed by atoms with Crippen LogP contribution in [-0.2, 0) is 4.74 Å². The van der Waals surface area contributed by atoms with E-state index in [1.54, 1.807) is 6.07 Å². The van der Waals surface area contributed by atoms with Crippen molar-refractivity contribution in [2.24, 2.45) is 16.6 Å². The average Bonchev–Trinajstić information content (AvgIpc) is 3.25. The Morgan fingerprint density at radius 2 is 2.05 bits per heavy atom. The SMILES string of the molecule is I.NC(=NCC1CC1c1ccc(Cl)cc1Cl)N1CCOCC1. The molecule has 22 heavy (non-hydrogen) atoms. The van der Waals surface area contributed by atoms with Gasteiger partial charge in [0.05, 0.1) is 13.2 Å². The van der Waals surface area contributed by atoms with Crippen LogP contribution in [0.25, 0.3) is 0 Å². The largest absolute Gasteiger partial charge is 0.378 e. The highest BCUT2D eigenvalue weighted by atomic mass is 127. The molecular formula is C15H20Cl2IN3O. The second-order valence-corrected chi connectivity index (χ2v) is 6.41. The van der Waals surface area contributed by atoms with Gasteiger partial charge < -0.3 is 15.4 Å². The van der Waals surface area contributed by atoms with Crippen LogP contribution in [0.3, 0.4) is 0 Å². The number of nitrogens with two attached hydrogens (primary N) is 1. The predicted molar refractivity (Wildman–Crippen MR) is 102 cm³/mol. The van der Waals surface area contributed by atoms with Crippen molar-refractivity contribution < 1.29 is 4.74 Å². The second-order valence-electron chi connectivity index (χ2n) is 5.57. The van der Waals surface area contributed by atoms with Crippen LogP contribution in [0.15, 0.2) is 23.2 Å². The van der Waals surface area contributed by atoms with Gasteiger partial charge in [-0.3, -0.25) is 4.99 Å². The first-order chi connectivity index (χ1) is 10.1. The molecule has 1 saturated heterocycles. The number of hydrogen-bond acceptors (Lipinski definition) is 2. The van der Waals surface area contributed by atoms with Gasteiger partial charge in [0.1, 0.15) is 0 Å². The molecule has 3 rings (SSSR count). The highest BCUT2D eigenvalue weighted by Gasteiger charge is 2.39. The normalized spacial score (nSPS) is 24.8. The van der Waals surface area contributed by atoms with Crippen molar-refractivity contribution >= 4 is 53.1 Å². The van der Waals surface area contributed by atoms with E-state index in [1.807, 2.05) is 12.1 Å². The van der Waals surface area contributed by atoms with Crippen molar-refractivity contribution in [3.63, 3.8) is 0 Å². The van der Waals surface area contributed by atoms with Crippen LogP contribution in [0.1, 0.15) is 17.9 Å². The molecule has 7 heteroatoms. The summed E-state index contributed by atoms with van der Waals surface area (Å²) in [4.78, 5) is 6.61. The van der Waals surface area contributed by atoms with E-state index in [2.05, 4.69) is 9.89 Å². The molecule has 2 atom stereocenters. The van der Waals surface area contributed by atoms with E-state index in [1.165, 1.54) is 5.56 Å². The van der Waals surface area contributed by atoms with Crippen molar-refractivity contribution in [2.45, 2.75) is 12.3 Å². The van der Waals surface area contributed by atoms with E-state index >= 15 is 0 Å². The molecule has 1 aromatic carbocycles. The van der Waals surface area contributed by atoms with Crippen LogP contribution in [0, 0.1) is 5.92 Å². The summed E-state index contributed by atoms with van der Waals surface area (Å²) in [5, 5.41) is 1.43. The predicted octanol–water partition coefficient (Wildman–Crippen LogP) is 3.36. The summed E-state index contributed by atoms with van der Waals surface area (Å²) in [5.74, 6) is 1.64. The van der Waals surface area contributed by atoms with Crippen molar-refractivity contribution in [2.75, 3.05) is 32.8 Å². The van der Waals surface area contributed by atoms with Gasteiger partial charge in [0, 0.05) is 29.7 Å². The number of aliphatic imine (C=N–C) groups is 1. The van der Waals surface area contributed by atoms with Gasteiger partial charge in [-0.05, 0) is 36.0 Å². The lowest BCUT2D eigenvalue weighted by Gasteiger charge is -2.27. The van der Waals surface area contributed by atoms with Crippen LogP contribution in [0.4, 0.5) is 0 Å². The lowest BCUT2D eigenvalue weighted by atomic mass is 10.1. The van der Waals surface area contributed by atoms with Gasteiger partial charge in [-0.15, -0.1) is 24.0 Å². The van der Waals surface area contributed by atoms with Crippen LogP contribution in [0.5, 0.6) is 0 Å². The van der Waals surface area contributed by atoms with E-state index in [0.717, 1.165) is 44.3 Å². The lowest BCUT2D eigenvalue weighted by molar-refractivity contribution is 0.0674. The van der Waals surface area contributed by atoms with Crippen LogP contribution >= 0.6 is 47.2 Å². The van der Waals surface area contributed by atoms with E-state index in [0.29, 0.717) is 22.8 Å². The smallest absolute Gasteiger partial charge is 0.191 e. The molecule has 2 unspecified atom stereocenters. The molecule has 1 heterocycles. The van der Waals surface area contributed by atoms with Gasteiger partial charge in [-0.25, -0.2) is 0 Å². The Morgan fingerprint density at radius 1 is 1.32 bits per heavy atom. The average molecular weight is 456 g/mol. The topological polar surface area (TPSA) is 50.8 Å². The number of nitrogens with zero attached hydrogens (tertiary/aromatic N) is 2. The van der Waals surface area contributed by atoms with Gasteiger partial charge in [0.2, 0.25) is 0 Å². The molecule has 1 saturated carbocycles. The highest BCUT2D eigenvalue weighted by molar-refractivity contribution is 14.0. The molecule has 0 spiro atoms. The number of morpholine rings is 1. The summed E-state index contributed by atoms with van der Waals surface area (Å²) in [6, 6.07) is 5.72. The molecule has 1 aromatic rings. The zero-order valence-corrected chi connectivity index (χ0v) is 16.0. The Bertz CT molecular complexity index is 550. The van der Waals surface area contributed by atoms with E-state index in [9.17, 15) is 0 Å². The summed E-state index contributed by atoms with van der Waals surface area (Å²) >= 11 is 12.2. The number of halogens is 3. The molecule has 0 radical (unpaired) electrons. The van der Waals surface area contributed by atoms with Crippen LogP contribution in [0.2, 0.25) is 10.0 Å². The number of rotatable bonds is 3. The number of guanidine groups is 1. The summed E-state index contributed by atoms with van der Waals surface area (Å²) in [6.45, 7) is 3.86. The third-order valence-corrected chi connectivity index (χ3v) is 4.67. The molecule has 2 N–H and O–H groups in total. The van der Waals surface area contributed by atoms with Crippen molar-refractivity contribution in [3.05, 3.63) is 33.8 Å². The maximum atomic E-state index is 6.25. The highest BCUT2D eigenvalue weighted by Crippen LogP contribution is 2.50. The molecule has 0 amide bonds. The second kappa shape index (κ2) is 8.04. The Balaban J connectivity index is 0.00000176. The van der Waals surface area contributed by atoms with E-state index in [-0.39, 0.29) is 24.0 Å². The first kappa shape index (κ1) is 18.1. The van der Waals surface area contributed by atoms with Crippen LogP contribution < -0.4 is 5.73 Å². The van der Waals surface area contributed by atoms with Crippen LogP contribution in [-0.4, -0.2) is 43.7 Å². The van der Waals surface area contributed by atoms with Crippen molar-refractivity contribution in [1.82, 2.24) is 4.90 Å². The zero-order chi connectivity index (χ0) is 14.8. The lowest BCUT2D eigenvalue weighted by Crippen LogP contribution is -2.44. The maximum absolute atomic E-state index is 6.25. The third-order valence-electron chi connectivity index (χ3n) is 4.11. The molecule has 122 valence electrons. The number of hydrogen-bond donors (Lipinski definition) is 1. The first-order valence-corrected chi connectivity index (χ1v) is 7.98. The fraction of sp³-hybridized carbons (Fsp3) is 0.533. The minimum absolute atomic E-state index is 0. The van der Waals surface area contributed by atoms with Gasteiger partial charge in [-0.2, -0.15) is 0 Å². The Hall–Kier alpha value is -0.240. The molecule has 2 fully saturated rings. The number of ether oxygens (including phenoxy) is 1. The van der Waals surface area contributed by atoms with Crippen molar-refractivity contribution in [1.29, 1.82) is 0 Å². The molecule has 4 nitrogen and oxygen atoms in total. The minimum atomic E-state index is 0. The molecule has 0 aromatic heterocycles. The number of benzene rings is 1.